The summed E-state index contributed by atoms with van der Waals surface area (Å²) in [6, 6.07) is 16.8. The summed E-state index contributed by atoms with van der Waals surface area (Å²) in [6.45, 7) is -0.301. The molecule has 42 heavy (non-hydrogen) atoms. The number of aryl methyl sites for hydroxylation is 1. The second kappa shape index (κ2) is 9.93. The SMILES string of the molecule is COc1ccc2c(C3=C(c4cn(C)c5cc(C(F)(F)S(=O)(=O)NCc6ccccc6)ccc45)C(=O)NC3=O)coc2c1. The molecule has 3 heterocycles. The zero-order valence-electron chi connectivity index (χ0n) is 22.3. The monoisotopic (exact) mass is 591 g/mol. The van der Waals surface area contributed by atoms with Crippen molar-refractivity contribution in [3.05, 3.63) is 101 Å². The van der Waals surface area contributed by atoms with Gasteiger partial charge in [-0.05, 0) is 23.8 Å². The first-order chi connectivity index (χ1) is 20.0. The Morgan fingerprint density at radius 3 is 2.36 bits per heavy atom. The Kier molecular flexibility index (Phi) is 6.47. The van der Waals surface area contributed by atoms with Gasteiger partial charge < -0.3 is 13.7 Å². The maximum absolute atomic E-state index is 15.4. The van der Waals surface area contributed by atoms with Crippen LogP contribution in [0.1, 0.15) is 22.3 Å². The number of benzene rings is 3. The molecule has 0 atom stereocenters. The van der Waals surface area contributed by atoms with Crippen LogP contribution in [0.2, 0.25) is 0 Å². The van der Waals surface area contributed by atoms with Gasteiger partial charge in [-0.3, -0.25) is 14.9 Å². The van der Waals surface area contributed by atoms with E-state index in [0.29, 0.717) is 38.8 Å². The number of ether oxygens (including phenoxy) is 1. The van der Waals surface area contributed by atoms with Crippen molar-refractivity contribution in [2.75, 3.05) is 7.11 Å². The molecule has 6 rings (SSSR count). The third-order valence-corrected chi connectivity index (χ3v) is 8.66. The lowest BCUT2D eigenvalue weighted by Gasteiger charge is -2.18. The molecule has 0 saturated carbocycles. The van der Waals surface area contributed by atoms with Gasteiger partial charge in [0.05, 0.1) is 24.5 Å². The molecule has 0 unspecified atom stereocenters. The fourth-order valence-electron chi connectivity index (χ4n) is 5.08. The summed E-state index contributed by atoms with van der Waals surface area (Å²) in [4.78, 5) is 26.1. The van der Waals surface area contributed by atoms with Crippen molar-refractivity contribution in [3.63, 3.8) is 0 Å². The molecule has 2 amide bonds. The highest BCUT2D eigenvalue weighted by molar-refractivity contribution is 7.90. The van der Waals surface area contributed by atoms with E-state index in [-0.39, 0.29) is 23.2 Å². The number of rotatable bonds is 8. The molecular weight excluding hydrogens is 568 g/mol. The standard InChI is InChI=1S/C30H23F2N3O6S/c1-35-15-22(26-27(29(37)34-28(26)36)23-16-41-25-13-19(40-2)9-11-21(23)25)20-10-8-18(12-24(20)35)30(31,32)42(38,39)33-14-17-6-4-3-5-7-17/h3-13,15-16,33H,14H2,1-2H3,(H,34,36,37). The van der Waals surface area contributed by atoms with Gasteiger partial charge in [-0.1, -0.05) is 42.5 Å². The number of halogens is 2. The van der Waals surface area contributed by atoms with E-state index in [1.54, 1.807) is 55.6 Å². The second-order valence-electron chi connectivity index (χ2n) is 9.76. The maximum atomic E-state index is 15.4. The Balaban J connectivity index is 1.43. The van der Waals surface area contributed by atoms with E-state index in [1.165, 1.54) is 30.2 Å². The quantitative estimate of drug-likeness (QED) is 0.253. The van der Waals surface area contributed by atoms with Crippen molar-refractivity contribution < 1.29 is 35.9 Å². The number of hydrogen-bond acceptors (Lipinski definition) is 6. The Bertz CT molecular complexity index is 2050. The lowest BCUT2D eigenvalue weighted by Crippen LogP contribution is -2.37. The van der Waals surface area contributed by atoms with Crippen molar-refractivity contribution in [2.24, 2.45) is 7.05 Å². The molecule has 1 aliphatic rings. The number of nitrogens with one attached hydrogen (secondary N) is 2. The Morgan fingerprint density at radius 1 is 0.952 bits per heavy atom. The highest BCUT2D eigenvalue weighted by Gasteiger charge is 2.47. The second-order valence-corrected chi connectivity index (χ2v) is 11.6. The summed E-state index contributed by atoms with van der Waals surface area (Å²) in [7, 11) is -2.03. The van der Waals surface area contributed by atoms with Crippen LogP contribution >= 0.6 is 0 Å². The van der Waals surface area contributed by atoms with Gasteiger partial charge in [0.2, 0.25) is 0 Å². The molecular formula is C30H23F2N3O6S. The molecule has 3 aromatic carbocycles. The fourth-order valence-corrected chi connectivity index (χ4v) is 6.06. The Morgan fingerprint density at radius 2 is 1.64 bits per heavy atom. The molecule has 5 aromatic rings. The van der Waals surface area contributed by atoms with Crippen LogP contribution in [0.5, 0.6) is 5.75 Å². The molecule has 1 aliphatic heterocycles. The number of fused-ring (bicyclic) bond motifs is 2. The minimum absolute atomic E-state index is 0.0424. The number of carbonyl (C=O) groups excluding carboxylic acids is 2. The molecule has 2 N–H and O–H groups in total. The first-order valence-corrected chi connectivity index (χ1v) is 14.2. The normalized spacial score (nSPS) is 14.3. The molecule has 214 valence electrons. The van der Waals surface area contributed by atoms with Crippen LogP contribution in [-0.4, -0.2) is 31.9 Å². The van der Waals surface area contributed by atoms with Crippen molar-refractivity contribution in [1.29, 1.82) is 0 Å². The largest absolute Gasteiger partial charge is 0.497 e. The molecule has 0 fully saturated rings. The zero-order chi connectivity index (χ0) is 29.8. The summed E-state index contributed by atoms with van der Waals surface area (Å²) in [5.74, 6) is -0.750. The van der Waals surface area contributed by atoms with E-state index in [2.05, 4.69) is 5.32 Å². The Hall–Kier alpha value is -4.81. The zero-order valence-corrected chi connectivity index (χ0v) is 23.1. The highest BCUT2D eigenvalue weighted by atomic mass is 32.2. The molecule has 0 saturated heterocycles. The fraction of sp³-hybridized carbons (Fsp3) is 0.133. The number of furan rings is 1. The van der Waals surface area contributed by atoms with Gasteiger partial charge in [-0.2, -0.15) is 8.78 Å². The number of imide groups is 1. The van der Waals surface area contributed by atoms with Gasteiger partial charge in [0.1, 0.15) is 11.3 Å². The van der Waals surface area contributed by atoms with Gasteiger partial charge in [0.25, 0.3) is 21.8 Å². The predicted molar refractivity (Wildman–Crippen MR) is 152 cm³/mol. The number of nitrogens with zero attached hydrogens (tertiary/aromatic N) is 1. The molecule has 9 nitrogen and oxygen atoms in total. The first kappa shape index (κ1) is 27.4. The summed E-state index contributed by atoms with van der Waals surface area (Å²) in [6.07, 6.45) is 2.91. The topological polar surface area (TPSA) is 120 Å². The van der Waals surface area contributed by atoms with Crippen LogP contribution in [0.3, 0.4) is 0 Å². The average molecular weight is 592 g/mol. The molecule has 2 aromatic heterocycles. The van der Waals surface area contributed by atoms with Gasteiger partial charge in [-0.25, -0.2) is 13.1 Å². The maximum Gasteiger partial charge on any atom is 0.384 e. The predicted octanol–water partition coefficient (Wildman–Crippen LogP) is 4.67. The minimum atomic E-state index is -5.11. The molecule has 0 spiro atoms. The van der Waals surface area contributed by atoms with E-state index in [9.17, 15) is 18.0 Å². The van der Waals surface area contributed by atoms with Crippen molar-refractivity contribution >= 4 is 54.9 Å². The van der Waals surface area contributed by atoms with Crippen LogP contribution in [-0.2, 0) is 38.5 Å². The number of aromatic nitrogens is 1. The highest BCUT2D eigenvalue weighted by Crippen LogP contribution is 2.41. The number of carbonyl (C=O) groups is 2. The van der Waals surface area contributed by atoms with Crippen molar-refractivity contribution in [2.45, 2.75) is 11.8 Å². The molecule has 0 radical (unpaired) electrons. The summed E-state index contributed by atoms with van der Waals surface area (Å²) in [5.41, 5.74) is 1.25. The van der Waals surface area contributed by atoms with Crippen LogP contribution < -0.4 is 14.8 Å². The molecule has 0 bridgehead atoms. The van der Waals surface area contributed by atoms with Crippen molar-refractivity contribution in [3.8, 4) is 5.75 Å². The number of methoxy groups -OCH3 is 1. The van der Waals surface area contributed by atoms with Gasteiger partial charge in [-0.15, -0.1) is 0 Å². The van der Waals surface area contributed by atoms with E-state index in [4.69, 9.17) is 9.15 Å². The third-order valence-electron chi connectivity index (χ3n) is 7.23. The van der Waals surface area contributed by atoms with Gasteiger partial charge in [0, 0.05) is 58.8 Å². The molecule has 0 aliphatic carbocycles. The Labute approximate surface area is 238 Å². The van der Waals surface area contributed by atoms with Crippen LogP contribution in [0.4, 0.5) is 8.78 Å². The third kappa shape index (κ3) is 4.35. The van der Waals surface area contributed by atoms with Crippen LogP contribution in [0, 0.1) is 0 Å². The van der Waals surface area contributed by atoms with Gasteiger partial charge in [0.15, 0.2) is 0 Å². The van der Waals surface area contributed by atoms with Crippen LogP contribution in [0.15, 0.2) is 83.6 Å². The molecule has 12 heteroatoms. The number of amides is 2. The van der Waals surface area contributed by atoms with E-state index in [0.717, 1.165) is 12.1 Å². The lowest BCUT2D eigenvalue weighted by atomic mass is 9.95. The smallest absolute Gasteiger partial charge is 0.384 e. The van der Waals surface area contributed by atoms with Crippen LogP contribution in [0.25, 0.3) is 33.0 Å². The van der Waals surface area contributed by atoms with Gasteiger partial charge >= 0.3 is 5.25 Å². The van der Waals surface area contributed by atoms with E-state index in [1.807, 2.05) is 4.72 Å². The summed E-state index contributed by atoms with van der Waals surface area (Å²) >= 11 is 0. The summed E-state index contributed by atoms with van der Waals surface area (Å²) in [5, 5.41) is -1.00. The van der Waals surface area contributed by atoms with E-state index >= 15 is 8.78 Å². The average Bonchev–Trinajstić information content (AvgIpc) is 3.63. The first-order valence-electron chi connectivity index (χ1n) is 12.7. The lowest BCUT2D eigenvalue weighted by molar-refractivity contribution is -0.122. The minimum Gasteiger partial charge on any atom is -0.497 e. The summed E-state index contributed by atoms with van der Waals surface area (Å²) < 4.78 is 70.4. The number of hydrogen-bond donors (Lipinski definition) is 2. The van der Waals surface area contributed by atoms with E-state index < -0.39 is 32.7 Å². The number of alkyl halides is 2. The number of sulfonamides is 1. The van der Waals surface area contributed by atoms with Crippen molar-refractivity contribution in [1.82, 2.24) is 14.6 Å².